The number of pyridine rings is 1. The molecule has 0 bridgehead atoms. The molecule has 1 saturated heterocycles. The van der Waals surface area contributed by atoms with Gasteiger partial charge in [-0.2, -0.15) is 37.7 Å². The van der Waals surface area contributed by atoms with Crippen molar-refractivity contribution in [2.45, 2.75) is 43.9 Å². The number of aromatic nitrogens is 1. The lowest BCUT2D eigenvalue weighted by atomic mass is 10.0. The highest BCUT2D eigenvalue weighted by molar-refractivity contribution is 7.07. The molecule has 1 aliphatic rings. The zero-order valence-electron chi connectivity index (χ0n) is 19.5. The zero-order valence-corrected chi connectivity index (χ0v) is 20.4. The van der Waals surface area contributed by atoms with Crippen LogP contribution in [0.1, 0.15) is 17.5 Å². The van der Waals surface area contributed by atoms with Crippen molar-refractivity contribution < 1.29 is 55.6 Å². The van der Waals surface area contributed by atoms with E-state index in [1.54, 1.807) is 18.4 Å². The fraction of sp³-hybridized carbons (Fsp3) is 0.500. The summed E-state index contributed by atoms with van der Waals surface area (Å²) in [5.74, 6) is -5.51. The maximum Gasteiger partial charge on any atom is 0.490 e. The Labute approximate surface area is 212 Å². The normalized spacial score (nSPS) is 17.8. The van der Waals surface area contributed by atoms with E-state index in [0.717, 1.165) is 25.9 Å². The summed E-state index contributed by atoms with van der Waals surface area (Å²) in [6.07, 6.45) is -4.06. The lowest BCUT2D eigenvalue weighted by Crippen LogP contribution is -2.38. The molecule has 2 atom stereocenters. The summed E-state index contributed by atoms with van der Waals surface area (Å²) in [6.45, 7) is 3.41. The van der Waals surface area contributed by atoms with Crippen LogP contribution in [0.5, 0.6) is 0 Å². The van der Waals surface area contributed by atoms with Gasteiger partial charge in [0.15, 0.2) is 0 Å². The first-order valence-corrected chi connectivity index (χ1v) is 11.5. The van der Waals surface area contributed by atoms with Gasteiger partial charge in [0.2, 0.25) is 0 Å². The zero-order chi connectivity index (χ0) is 28.1. The lowest BCUT2D eigenvalue weighted by Gasteiger charge is -2.28. The van der Waals surface area contributed by atoms with E-state index in [9.17, 15) is 26.3 Å². The maximum atomic E-state index is 10.6. The van der Waals surface area contributed by atoms with Gasteiger partial charge in [0.25, 0.3) is 0 Å². The molecule has 0 spiro atoms. The van der Waals surface area contributed by atoms with E-state index in [2.05, 4.69) is 38.8 Å². The van der Waals surface area contributed by atoms with Crippen molar-refractivity contribution in [1.82, 2.24) is 9.88 Å². The van der Waals surface area contributed by atoms with Gasteiger partial charge in [-0.15, -0.1) is 0 Å². The van der Waals surface area contributed by atoms with Gasteiger partial charge >= 0.3 is 24.3 Å². The van der Waals surface area contributed by atoms with Crippen molar-refractivity contribution in [3.8, 4) is 0 Å². The summed E-state index contributed by atoms with van der Waals surface area (Å²) >= 11 is 1.76. The molecule has 0 radical (unpaired) electrons. The van der Waals surface area contributed by atoms with E-state index >= 15 is 0 Å². The average Bonchev–Trinajstić information content (AvgIpc) is 3.45. The summed E-state index contributed by atoms with van der Waals surface area (Å²) in [6, 6.07) is 6.84. The Morgan fingerprint density at radius 1 is 1.03 bits per heavy atom. The number of carboxylic acid groups (broad SMARTS) is 2. The number of rotatable bonds is 8. The Bertz CT molecular complexity index is 904. The van der Waals surface area contributed by atoms with Crippen LogP contribution in [0.15, 0.2) is 41.4 Å². The molecular formula is C22H26F6N2O6S. The van der Waals surface area contributed by atoms with Crippen LogP contribution in [0.25, 0.3) is 0 Å². The number of hydrogen-bond donors (Lipinski definition) is 2. The summed E-state index contributed by atoms with van der Waals surface area (Å²) in [7, 11) is 1.72. The van der Waals surface area contributed by atoms with Crippen LogP contribution in [0.2, 0.25) is 0 Å². The standard InChI is InChI=1S/C18H24N2O2S.2C2HF3O2/c1-21-9-10-22-18-4-8-20(13-16-5-11-23-14-16)17(18)12-15-2-6-19-7-3-15;2*3-2(4,5)1(6)7/h2-3,5-7,11,14,17-18H,4,8-10,12-13H2,1H3;2*(H,6,7)/t17-,18+;;/m0../s1. The average molecular weight is 561 g/mol. The van der Waals surface area contributed by atoms with Crippen LogP contribution in [-0.2, 0) is 32.0 Å². The van der Waals surface area contributed by atoms with Crippen LogP contribution in [0, 0.1) is 0 Å². The van der Waals surface area contributed by atoms with E-state index in [-0.39, 0.29) is 6.10 Å². The van der Waals surface area contributed by atoms with Crippen LogP contribution in [-0.4, -0.2) is 83.4 Å². The second-order valence-corrected chi connectivity index (χ2v) is 8.31. The molecule has 0 amide bonds. The molecule has 2 N–H and O–H groups in total. The molecule has 0 aromatic carbocycles. The number of likely N-dealkylation sites (tertiary alicyclic amines) is 1. The number of carboxylic acids is 2. The number of hydrogen-bond acceptors (Lipinski definition) is 7. The Balaban J connectivity index is 0.000000404. The number of thiophene rings is 1. The molecule has 1 aliphatic heterocycles. The molecule has 15 heteroatoms. The minimum Gasteiger partial charge on any atom is -0.475 e. The molecule has 37 heavy (non-hydrogen) atoms. The molecule has 0 unspecified atom stereocenters. The van der Waals surface area contributed by atoms with Gasteiger partial charge in [-0.1, -0.05) is 0 Å². The number of ether oxygens (including phenoxy) is 2. The van der Waals surface area contributed by atoms with E-state index in [1.807, 2.05) is 12.4 Å². The summed E-state index contributed by atoms with van der Waals surface area (Å²) < 4.78 is 74.7. The molecule has 3 heterocycles. The van der Waals surface area contributed by atoms with Gasteiger partial charge < -0.3 is 19.7 Å². The van der Waals surface area contributed by atoms with Gasteiger partial charge in [0, 0.05) is 38.6 Å². The Kier molecular flexibility index (Phi) is 13.5. The topological polar surface area (TPSA) is 109 Å². The highest BCUT2D eigenvalue weighted by Crippen LogP contribution is 2.26. The number of halogens is 6. The minimum atomic E-state index is -5.08. The molecular weight excluding hydrogens is 534 g/mol. The molecule has 208 valence electrons. The quantitative estimate of drug-likeness (QED) is 0.364. The van der Waals surface area contributed by atoms with E-state index in [0.29, 0.717) is 19.3 Å². The van der Waals surface area contributed by atoms with Gasteiger partial charge in [-0.25, -0.2) is 9.59 Å². The third-order valence-electron chi connectivity index (χ3n) is 4.86. The van der Waals surface area contributed by atoms with E-state index in [4.69, 9.17) is 29.3 Å². The summed E-state index contributed by atoms with van der Waals surface area (Å²) in [5.41, 5.74) is 2.72. The van der Waals surface area contributed by atoms with Gasteiger partial charge in [-0.05, 0) is 52.9 Å². The summed E-state index contributed by atoms with van der Waals surface area (Å²) in [4.78, 5) is 24.5. The van der Waals surface area contributed by atoms with Gasteiger partial charge in [0.1, 0.15) is 0 Å². The maximum absolute atomic E-state index is 10.6. The van der Waals surface area contributed by atoms with E-state index in [1.165, 1.54) is 11.1 Å². The van der Waals surface area contributed by atoms with Crippen molar-refractivity contribution in [1.29, 1.82) is 0 Å². The number of aliphatic carboxylic acids is 2. The predicted molar refractivity (Wildman–Crippen MR) is 120 cm³/mol. The highest BCUT2D eigenvalue weighted by Gasteiger charge is 2.39. The van der Waals surface area contributed by atoms with E-state index < -0.39 is 24.3 Å². The third-order valence-corrected chi connectivity index (χ3v) is 5.60. The molecule has 0 aliphatic carbocycles. The number of alkyl halides is 6. The Morgan fingerprint density at radius 3 is 2.05 bits per heavy atom. The van der Waals surface area contributed by atoms with Crippen LogP contribution >= 0.6 is 11.3 Å². The molecule has 8 nitrogen and oxygen atoms in total. The smallest absolute Gasteiger partial charge is 0.475 e. The highest BCUT2D eigenvalue weighted by atomic mass is 32.1. The molecule has 0 saturated carbocycles. The minimum absolute atomic E-state index is 0.275. The number of nitrogens with zero attached hydrogens (tertiary/aromatic N) is 2. The second-order valence-electron chi connectivity index (χ2n) is 7.53. The van der Waals surface area contributed by atoms with Crippen molar-refractivity contribution >= 4 is 23.3 Å². The first-order chi connectivity index (χ1) is 17.3. The lowest BCUT2D eigenvalue weighted by molar-refractivity contribution is -0.193. The van der Waals surface area contributed by atoms with Crippen LogP contribution in [0.4, 0.5) is 26.3 Å². The third kappa shape index (κ3) is 12.9. The SMILES string of the molecule is COCCO[C@@H]1CCN(Cc2ccsc2)[C@H]1Cc1ccncc1.O=C(O)C(F)(F)F.O=C(O)C(F)(F)F. The van der Waals surface area contributed by atoms with Crippen LogP contribution < -0.4 is 0 Å². The molecule has 1 fully saturated rings. The van der Waals surface area contributed by atoms with Crippen molar-refractivity contribution in [3.05, 3.63) is 52.5 Å². The van der Waals surface area contributed by atoms with Crippen molar-refractivity contribution in [2.75, 3.05) is 26.9 Å². The number of carbonyl (C=O) groups is 2. The Hall–Kier alpha value is -2.75. The van der Waals surface area contributed by atoms with Crippen LogP contribution in [0.3, 0.4) is 0 Å². The fourth-order valence-corrected chi connectivity index (χ4v) is 3.86. The summed E-state index contributed by atoms with van der Waals surface area (Å²) in [5, 5.41) is 18.6. The second kappa shape index (κ2) is 15.5. The number of methoxy groups -OCH3 is 1. The molecule has 3 rings (SSSR count). The first kappa shape index (κ1) is 32.3. The largest absolute Gasteiger partial charge is 0.490 e. The van der Waals surface area contributed by atoms with Crippen molar-refractivity contribution in [2.24, 2.45) is 0 Å². The first-order valence-electron chi connectivity index (χ1n) is 10.6. The van der Waals surface area contributed by atoms with Crippen molar-refractivity contribution in [3.63, 3.8) is 0 Å². The Morgan fingerprint density at radius 2 is 1.59 bits per heavy atom. The molecule has 2 aromatic rings. The monoisotopic (exact) mass is 560 g/mol. The predicted octanol–water partition coefficient (Wildman–Crippen LogP) is 4.26. The molecule has 2 aromatic heterocycles. The van der Waals surface area contributed by atoms with Gasteiger partial charge in [0.05, 0.1) is 19.3 Å². The fourth-order valence-electron chi connectivity index (χ4n) is 3.20. The van der Waals surface area contributed by atoms with Gasteiger partial charge in [-0.3, -0.25) is 9.88 Å².